The molecule has 0 unspecified atom stereocenters. The number of hydrogen-bond donors (Lipinski definition) is 1. The lowest BCUT2D eigenvalue weighted by Gasteiger charge is -2.19. The van der Waals surface area contributed by atoms with Crippen LogP contribution in [0.4, 0.5) is 5.00 Å². The summed E-state index contributed by atoms with van der Waals surface area (Å²) in [6, 6.07) is 14.4. The van der Waals surface area contributed by atoms with Gasteiger partial charge in [0.15, 0.2) is 11.5 Å². The highest BCUT2D eigenvalue weighted by atomic mass is 32.1. The Balaban J connectivity index is 1.56. The molecule has 0 aliphatic carbocycles. The Labute approximate surface area is 235 Å². The van der Waals surface area contributed by atoms with Crippen molar-refractivity contribution in [2.24, 2.45) is 0 Å². The predicted octanol–water partition coefficient (Wildman–Crippen LogP) is 6.38. The Morgan fingerprint density at radius 3 is 2.52 bits per heavy atom. The molecule has 0 saturated heterocycles. The zero-order chi connectivity index (χ0) is 28.6. The highest BCUT2D eigenvalue weighted by Gasteiger charge is 2.30. The van der Waals surface area contributed by atoms with Gasteiger partial charge in [-0.15, -0.1) is 11.3 Å². The Bertz CT molecular complexity index is 1650. The van der Waals surface area contributed by atoms with E-state index in [0.29, 0.717) is 39.2 Å². The number of carbonyl (C=O) groups is 3. The van der Waals surface area contributed by atoms with Gasteiger partial charge in [0.25, 0.3) is 5.91 Å². The lowest BCUT2D eigenvalue weighted by molar-refractivity contribution is 0.00743. The van der Waals surface area contributed by atoms with Crippen LogP contribution < -0.4 is 14.8 Å². The number of anilines is 1. The average molecular weight is 561 g/mol. The third-order valence-corrected chi connectivity index (χ3v) is 7.25. The summed E-state index contributed by atoms with van der Waals surface area (Å²) >= 11 is 0.978. The molecule has 4 aromatic rings. The smallest absolute Gasteiger partial charge is 0.349 e. The van der Waals surface area contributed by atoms with Gasteiger partial charge in [-0.3, -0.25) is 4.79 Å². The molecule has 0 spiro atoms. The van der Waals surface area contributed by atoms with Crippen LogP contribution in [0.25, 0.3) is 22.2 Å². The summed E-state index contributed by atoms with van der Waals surface area (Å²) in [7, 11) is 0. The first kappa shape index (κ1) is 27.1. The quantitative estimate of drug-likeness (QED) is 0.270. The molecule has 9 nitrogen and oxygen atoms in total. The number of ether oxygens (including phenoxy) is 4. The van der Waals surface area contributed by atoms with Gasteiger partial charge in [-0.2, -0.15) is 0 Å². The highest BCUT2D eigenvalue weighted by molar-refractivity contribution is 7.18. The van der Waals surface area contributed by atoms with E-state index in [1.54, 1.807) is 52.8 Å². The minimum atomic E-state index is -0.734. The first-order valence-corrected chi connectivity index (χ1v) is 13.5. The second kappa shape index (κ2) is 10.6. The molecular weight excluding hydrogens is 532 g/mol. The lowest BCUT2D eigenvalue weighted by Crippen LogP contribution is -2.23. The number of pyridine rings is 1. The maximum atomic E-state index is 13.8. The molecule has 40 heavy (non-hydrogen) atoms. The van der Waals surface area contributed by atoms with Crippen molar-refractivity contribution in [3.8, 4) is 22.8 Å². The molecule has 1 aliphatic heterocycles. The fourth-order valence-corrected chi connectivity index (χ4v) is 5.37. The second-order valence-corrected chi connectivity index (χ2v) is 11.1. The highest BCUT2D eigenvalue weighted by Crippen LogP contribution is 2.38. The summed E-state index contributed by atoms with van der Waals surface area (Å²) in [5.74, 6) is -0.449. The number of thiophene rings is 1. The number of amides is 1. The van der Waals surface area contributed by atoms with E-state index in [1.165, 1.54) is 0 Å². The van der Waals surface area contributed by atoms with Crippen molar-refractivity contribution in [2.45, 2.75) is 40.2 Å². The van der Waals surface area contributed by atoms with Gasteiger partial charge in [0, 0.05) is 10.9 Å². The molecule has 1 aliphatic rings. The molecule has 5 rings (SSSR count). The van der Waals surface area contributed by atoms with Gasteiger partial charge in [-0.1, -0.05) is 18.2 Å². The van der Waals surface area contributed by atoms with E-state index < -0.39 is 23.4 Å². The van der Waals surface area contributed by atoms with Crippen LogP contribution in [0.15, 0.2) is 48.5 Å². The fraction of sp³-hybridized carbons (Fsp3) is 0.267. The molecule has 3 heterocycles. The third kappa shape index (κ3) is 5.35. The van der Waals surface area contributed by atoms with Crippen LogP contribution in [-0.4, -0.2) is 41.8 Å². The van der Waals surface area contributed by atoms with Crippen molar-refractivity contribution in [1.82, 2.24) is 4.98 Å². The Morgan fingerprint density at radius 1 is 1.02 bits per heavy atom. The monoisotopic (exact) mass is 560 g/mol. The Kier molecular flexibility index (Phi) is 7.20. The van der Waals surface area contributed by atoms with Gasteiger partial charge in [-0.05, 0) is 70.5 Å². The average Bonchev–Trinajstić information content (AvgIpc) is 3.50. The maximum absolute atomic E-state index is 13.8. The second-order valence-electron chi connectivity index (χ2n) is 10.1. The minimum Gasteiger partial charge on any atom is -0.462 e. The van der Waals surface area contributed by atoms with Gasteiger partial charge < -0.3 is 24.3 Å². The lowest BCUT2D eigenvalue weighted by atomic mass is 10.0. The van der Waals surface area contributed by atoms with E-state index in [2.05, 4.69) is 5.32 Å². The molecule has 1 N–H and O–H groups in total. The number of carbonyl (C=O) groups excluding carboxylic acids is 3. The third-order valence-electron chi connectivity index (χ3n) is 6.07. The van der Waals surface area contributed by atoms with Crippen LogP contribution in [0.1, 0.15) is 63.6 Å². The first-order valence-electron chi connectivity index (χ1n) is 12.7. The summed E-state index contributed by atoms with van der Waals surface area (Å²) in [5, 5.41) is 3.68. The van der Waals surface area contributed by atoms with Crippen LogP contribution in [0.3, 0.4) is 0 Å². The number of fused-ring (bicyclic) bond motifs is 2. The molecule has 2 aromatic heterocycles. The van der Waals surface area contributed by atoms with Crippen molar-refractivity contribution >= 4 is 45.1 Å². The Morgan fingerprint density at radius 2 is 1.77 bits per heavy atom. The zero-order valence-corrected chi connectivity index (χ0v) is 23.6. The number of rotatable bonds is 6. The fourth-order valence-electron chi connectivity index (χ4n) is 4.31. The summed E-state index contributed by atoms with van der Waals surface area (Å²) in [4.78, 5) is 44.6. The maximum Gasteiger partial charge on any atom is 0.349 e. The molecule has 0 atom stereocenters. The van der Waals surface area contributed by atoms with Gasteiger partial charge in [0.1, 0.15) is 15.5 Å². The standard InChI is InChI=1S/C30H28N2O7S/c1-6-36-28(34)24-16(2)25(29(35)39-30(3,4)5)40-27(24)32-26(33)19-14-21(31-20-10-8-7-9-18(19)20)17-11-12-22-23(13-17)38-15-37-22/h7-14H,6,15H2,1-5H3,(H,32,33). The molecule has 2 aromatic carbocycles. The summed E-state index contributed by atoms with van der Waals surface area (Å²) < 4.78 is 21.7. The van der Waals surface area contributed by atoms with E-state index >= 15 is 0 Å². The first-order chi connectivity index (χ1) is 19.1. The number of aromatic nitrogens is 1. The van der Waals surface area contributed by atoms with Crippen LogP contribution in [-0.2, 0) is 9.47 Å². The largest absolute Gasteiger partial charge is 0.462 e. The number of esters is 2. The van der Waals surface area contributed by atoms with Gasteiger partial charge in [0.2, 0.25) is 6.79 Å². The van der Waals surface area contributed by atoms with Crippen molar-refractivity contribution in [2.75, 3.05) is 18.7 Å². The number of nitrogens with zero attached hydrogens (tertiary/aromatic N) is 1. The predicted molar refractivity (Wildman–Crippen MR) is 151 cm³/mol. The van der Waals surface area contributed by atoms with Gasteiger partial charge in [-0.25, -0.2) is 14.6 Å². The van der Waals surface area contributed by atoms with Crippen molar-refractivity contribution < 1.29 is 33.3 Å². The van der Waals surface area contributed by atoms with E-state index in [1.807, 2.05) is 30.3 Å². The molecule has 206 valence electrons. The SMILES string of the molecule is CCOC(=O)c1c(NC(=O)c2cc(-c3ccc4c(c3)OCO4)nc3ccccc23)sc(C(=O)OC(C)(C)C)c1C. The van der Waals surface area contributed by atoms with E-state index in [9.17, 15) is 14.4 Å². The van der Waals surface area contributed by atoms with Gasteiger partial charge in [0.05, 0.1) is 28.9 Å². The molecule has 0 saturated carbocycles. The van der Waals surface area contributed by atoms with E-state index in [4.69, 9.17) is 23.9 Å². The number of nitrogens with one attached hydrogen (secondary N) is 1. The molecule has 1 amide bonds. The molecular formula is C30H28N2O7S. The summed E-state index contributed by atoms with van der Waals surface area (Å²) in [6.07, 6.45) is 0. The van der Waals surface area contributed by atoms with Crippen molar-refractivity contribution in [3.63, 3.8) is 0 Å². The summed E-state index contributed by atoms with van der Waals surface area (Å²) in [6.45, 7) is 8.88. The molecule has 0 bridgehead atoms. The van der Waals surface area contributed by atoms with Crippen LogP contribution >= 0.6 is 11.3 Å². The number of para-hydroxylation sites is 1. The molecule has 0 radical (unpaired) electrons. The topological polar surface area (TPSA) is 113 Å². The van der Waals surface area contributed by atoms with E-state index in [0.717, 1.165) is 16.9 Å². The van der Waals surface area contributed by atoms with Crippen LogP contribution in [0, 0.1) is 6.92 Å². The van der Waals surface area contributed by atoms with E-state index in [-0.39, 0.29) is 28.8 Å². The molecule has 10 heteroatoms. The van der Waals surface area contributed by atoms with Crippen LogP contribution in [0.2, 0.25) is 0 Å². The zero-order valence-electron chi connectivity index (χ0n) is 22.7. The normalized spacial score (nSPS) is 12.3. The molecule has 0 fully saturated rings. The minimum absolute atomic E-state index is 0.121. The van der Waals surface area contributed by atoms with Crippen LogP contribution in [0.5, 0.6) is 11.5 Å². The van der Waals surface area contributed by atoms with Crippen molar-refractivity contribution in [1.29, 1.82) is 0 Å². The van der Waals surface area contributed by atoms with Crippen molar-refractivity contribution in [3.05, 3.63) is 70.1 Å². The Hall–Kier alpha value is -4.44. The number of benzene rings is 2. The van der Waals surface area contributed by atoms with Gasteiger partial charge >= 0.3 is 11.9 Å². The summed E-state index contributed by atoms with van der Waals surface area (Å²) in [5.41, 5.74) is 2.04. The number of hydrogen-bond acceptors (Lipinski definition) is 9.